The Bertz CT molecular complexity index is 939. The average molecular weight is 387 g/mol. The minimum absolute atomic E-state index is 0.0540. The van der Waals surface area contributed by atoms with Gasteiger partial charge in [0.25, 0.3) is 5.91 Å². The smallest absolute Gasteiger partial charge is 0.251 e. The summed E-state index contributed by atoms with van der Waals surface area (Å²) in [5.74, 6) is -0.559. The summed E-state index contributed by atoms with van der Waals surface area (Å²) < 4.78 is 0. The zero-order chi connectivity index (χ0) is 20.6. The molecular weight excluding hydrogens is 362 g/mol. The number of hydrogen-bond donors (Lipinski definition) is 3. The highest BCUT2D eigenvalue weighted by atomic mass is 16.2. The third kappa shape index (κ3) is 5.69. The molecule has 5 nitrogen and oxygen atoms in total. The Balaban J connectivity index is 1.63. The zero-order valence-corrected chi connectivity index (χ0v) is 16.6. The molecule has 0 aliphatic heterocycles. The number of carbonyl (C=O) groups is 2. The maximum atomic E-state index is 12.8. The SMILES string of the molecule is CC(C)C(NC(=O)c1ccccc1)C(=O)Nc1ccc(Nc2ccccc2)cc1. The van der Waals surface area contributed by atoms with Crippen LogP contribution in [0.3, 0.4) is 0 Å². The molecule has 0 saturated carbocycles. The summed E-state index contributed by atoms with van der Waals surface area (Å²) in [5.41, 5.74) is 3.12. The standard InChI is InChI=1S/C24H25N3O2/c1-17(2)22(27-23(28)18-9-5-3-6-10-18)24(29)26-21-15-13-20(14-16-21)25-19-11-7-4-8-12-19/h3-17,22,25H,1-2H3,(H,26,29)(H,27,28). The number of rotatable bonds is 7. The summed E-state index contributed by atoms with van der Waals surface area (Å²) >= 11 is 0. The van der Waals surface area contributed by atoms with Crippen LogP contribution in [0.4, 0.5) is 17.1 Å². The summed E-state index contributed by atoms with van der Waals surface area (Å²) in [4.78, 5) is 25.2. The zero-order valence-electron chi connectivity index (χ0n) is 16.6. The number of benzene rings is 3. The highest BCUT2D eigenvalue weighted by Crippen LogP contribution is 2.19. The van der Waals surface area contributed by atoms with Gasteiger partial charge in [0, 0.05) is 22.6 Å². The van der Waals surface area contributed by atoms with Crippen LogP contribution in [-0.2, 0) is 4.79 Å². The van der Waals surface area contributed by atoms with Crippen molar-refractivity contribution in [2.75, 3.05) is 10.6 Å². The predicted molar refractivity (Wildman–Crippen MR) is 117 cm³/mol. The first-order valence-corrected chi connectivity index (χ1v) is 9.62. The topological polar surface area (TPSA) is 70.2 Å². The lowest BCUT2D eigenvalue weighted by Gasteiger charge is -2.22. The Kier molecular flexibility index (Phi) is 6.63. The second-order valence-electron chi connectivity index (χ2n) is 7.12. The van der Waals surface area contributed by atoms with Crippen LogP contribution in [0, 0.1) is 5.92 Å². The molecule has 0 fully saturated rings. The fourth-order valence-corrected chi connectivity index (χ4v) is 2.89. The van der Waals surface area contributed by atoms with Gasteiger partial charge in [0.1, 0.15) is 6.04 Å². The molecule has 0 aromatic heterocycles. The van der Waals surface area contributed by atoms with Crippen molar-refractivity contribution in [3.05, 3.63) is 90.5 Å². The van der Waals surface area contributed by atoms with Crippen molar-refractivity contribution in [3.8, 4) is 0 Å². The van der Waals surface area contributed by atoms with Gasteiger partial charge in [-0.25, -0.2) is 0 Å². The highest BCUT2D eigenvalue weighted by molar-refractivity contribution is 6.01. The van der Waals surface area contributed by atoms with E-state index in [0.29, 0.717) is 11.3 Å². The second kappa shape index (κ2) is 9.55. The lowest BCUT2D eigenvalue weighted by atomic mass is 10.0. The Hall–Kier alpha value is -3.60. The molecule has 0 radical (unpaired) electrons. The molecule has 2 amide bonds. The summed E-state index contributed by atoms with van der Waals surface area (Å²) in [6, 6.07) is 25.6. The monoisotopic (exact) mass is 387 g/mol. The molecule has 0 saturated heterocycles. The minimum atomic E-state index is -0.634. The summed E-state index contributed by atoms with van der Waals surface area (Å²) in [5, 5.41) is 9.02. The molecule has 0 bridgehead atoms. The quantitative estimate of drug-likeness (QED) is 0.544. The summed E-state index contributed by atoms with van der Waals surface area (Å²) in [6.45, 7) is 3.81. The van der Waals surface area contributed by atoms with Gasteiger partial charge in [-0.2, -0.15) is 0 Å². The van der Waals surface area contributed by atoms with Crippen LogP contribution in [0.5, 0.6) is 0 Å². The Morgan fingerprint density at radius 2 is 1.21 bits per heavy atom. The highest BCUT2D eigenvalue weighted by Gasteiger charge is 2.24. The van der Waals surface area contributed by atoms with Crippen LogP contribution < -0.4 is 16.0 Å². The number of amides is 2. The van der Waals surface area contributed by atoms with Crippen molar-refractivity contribution in [1.82, 2.24) is 5.32 Å². The average Bonchev–Trinajstić information content (AvgIpc) is 2.74. The third-order valence-electron chi connectivity index (χ3n) is 4.49. The Morgan fingerprint density at radius 1 is 0.690 bits per heavy atom. The van der Waals surface area contributed by atoms with Gasteiger partial charge in [-0.3, -0.25) is 9.59 Å². The van der Waals surface area contributed by atoms with Crippen molar-refractivity contribution in [1.29, 1.82) is 0 Å². The molecule has 5 heteroatoms. The van der Waals surface area contributed by atoms with Crippen molar-refractivity contribution in [2.24, 2.45) is 5.92 Å². The first kappa shape index (κ1) is 20.1. The molecular formula is C24H25N3O2. The molecule has 0 spiro atoms. The van der Waals surface area contributed by atoms with E-state index >= 15 is 0 Å². The largest absolute Gasteiger partial charge is 0.356 e. The first-order chi connectivity index (χ1) is 14.0. The molecule has 0 heterocycles. The van der Waals surface area contributed by atoms with Gasteiger partial charge in [0.2, 0.25) is 5.91 Å². The Morgan fingerprint density at radius 3 is 1.79 bits per heavy atom. The second-order valence-corrected chi connectivity index (χ2v) is 7.12. The molecule has 3 aromatic rings. The van der Waals surface area contributed by atoms with E-state index in [1.54, 1.807) is 24.3 Å². The van der Waals surface area contributed by atoms with Gasteiger partial charge in [-0.1, -0.05) is 50.2 Å². The first-order valence-electron chi connectivity index (χ1n) is 9.62. The molecule has 1 unspecified atom stereocenters. The van der Waals surface area contributed by atoms with Crippen molar-refractivity contribution in [3.63, 3.8) is 0 Å². The van der Waals surface area contributed by atoms with Gasteiger partial charge >= 0.3 is 0 Å². The molecule has 3 N–H and O–H groups in total. The Labute approximate surface area is 171 Å². The molecule has 3 rings (SSSR count). The van der Waals surface area contributed by atoms with Crippen molar-refractivity contribution in [2.45, 2.75) is 19.9 Å². The summed E-state index contributed by atoms with van der Waals surface area (Å²) in [6.07, 6.45) is 0. The number of carbonyl (C=O) groups excluding carboxylic acids is 2. The van der Waals surface area contributed by atoms with E-state index in [1.807, 2.05) is 74.5 Å². The van der Waals surface area contributed by atoms with E-state index in [9.17, 15) is 9.59 Å². The number of hydrogen-bond acceptors (Lipinski definition) is 3. The van der Waals surface area contributed by atoms with Gasteiger partial charge in [0.05, 0.1) is 0 Å². The lowest BCUT2D eigenvalue weighted by molar-refractivity contribution is -0.118. The fraction of sp³-hybridized carbons (Fsp3) is 0.167. The molecule has 3 aromatic carbocycles. The van der Waals surface area contributed by atoms with Crippen LogP contribution in [-0.4, -0.2) is 17.9 Å². The van der Waals surface area contributed by atoms with Gasteiger partial charge in [-0.05, 0) is 54.4 Å². The van der Waals surface area contributed by atoms with E-state index in [0.717, 1.165) is 11.4 Å². The van der Waals surface area contributed by atoms with E-state index < -0.39 is 6.04 Å². The maximum Gasteiger partial charge on any atom is 0.251 e. The molecule has 0 aliphatic rings. The lowest BCUT2D eigenvalue weighted by Crippen LogP contribution is -2.47. The van der Waals surface area contributed by atoms with Crippen LogP contribution >= 0.6 is 0 Å². The molecule has 148 valence electrons. The van der Waals surface area contributed by atoms with Crippen LogP contribution in [0.1, 0.15) is 24.2 Å². The molecule has 29 heavy (non-hydrogen) atoms. The van der Waals surface area contributed by atoms with E-state index in [2.05, 4.69) is 16.0 Å². The van der Waals surface area contributed by atoms with Gasteiger partial charge in [-0.15, -0.1) is 0 Å². The normalized spacial score (nSPS) is 11.6. The number of para-hydroxylation sites is 1. The molecule has 0 aliphatic carbocycles. The summed E-state index contributed by atoms with van der Waals surface area (Å²) in [7, 11) is 0. The fourth-order valence-electron chi connectivity index (χ4n) is 2.89. The maximum absolute atomic E-state index is 12.8. The van der Waals surface area contributed by atoms with Crippen molar-refractivity contribution >= 4 is 28.9 Å². The van der Waals surface area contributed by atoms with E-state index in [4.69, 9.17) is 0 Å². The third-order valence-corrected chi connectivity index (χ3v) is 4.49. The van der Waals surface area contributed by atoms with Crippen LogP contribution in [0.15, 0.2) is 84.9 Å². The van der Waals surface area contributed by atoms with Gasteiger partial charge < -0.3 is 16.0 Å². The van der Waals surface area contributed by atoms with Crippen LogP contribution in [0.2, 0.25) is 0 Å². The van der Waals surface area contributed by atoms with Crippen LogP contribution in [0.25, 0.3) is 0 Å². The van der Waals surface area contributed by atoms with Crippen molar-refractivity contribution < 1.29 is 9.59 Å². The molecule has 1 atom stereocenters. The predicted octanol–water partition coefficient (Wildman–Crippen LogP) is 4.82. The van der Waals surface area contributed by atoms with Gasteiger partial charge in [0.15, 0.2) is 0 Å². The van der Waals surface area contributed by atoms with E-state index in [-0.39, 0.29) is 17.7 Å². The minimum Gasteiger partial charge on any atom is -0.356 e. The number of anilines is 3. The number of nitrogens with one attached hydrogen (secondary N) is 3. The van der Waals surface area contributed by atoms with E-state index in [1.165, 1.54) is 0 Å².